The van der Waals surface area contributed by atoms with Crippen LogP contribution < -0.4 is 25.8 Å². The monoisotopic (exact) mass is 613 g/mol. The van der Waals surface area contributed by atoms with Gasteiger partial charge < -0.3 is 29.9 Å². The number of amides is 2. The number of carbonyl (C=O) groups is 1. The van der Waals surface area contributed by atoms with E-state index in [0.717, 1.165) is 16.9 Å². The average Bonchev–Trinajstić information content (AvgIpc) is 3.41. The highest BCUT2D eigenvalue weighted by atomic mass is 16.6. The molecule has 1 atom stereocenters. The molecule has 0 bridgehead atoms. The molecule has 16 heteroatoms. The zero-order valence-corrected chi connectivity index (χ0v) is 24.5. The number of ether oxygens (including phenoxy) is 2. The lowest BCUT2D eigenvalue weighted by Gasteiger charge is -2.30. The molecule has 16 nitrogen and oxygen atoms in total. The highest BCUT2D eigenvalue weighted by molar-refractivity contribution is 5.93. The van der Waals surface area contributed by atoms with E-state index in [1.54, 1.807) is 16.8 Å². The van der Waals surface area contributed by atoms with Crippen LogP contribution in [0.3, 0.4) is 0 Å². The quantitative estimate of drug-likeness (QED) is 0.205. The summed E-state index contributed by atoms with van der Waals surface area (Å²) in [7, 11) is 0. The van der Waals surface area contributed by atoms with Crippen LogP contribution in [-0.2, 0) is 9.47 Å². The topological polar surface area (TPSA) is 178 Å². The van der Waals surface area contributed by atoms with Crippen LogP contribution in [0, 0.1) is 17.0 Å². The molecule has 0 radical (unpaired) electrons. The number of benzene rings is 2. The third-order valence-electron chi connectivity index (χ3n) is 7.91. The van der Waals surface area contributed by atoms with Gasteiger partial charge in [0.1, 0.15) is 5.82 Å². The Hall–Kier alpha value is -5.35. The van der Waals surface area contributed by atoms with Crippen molar-refractivity contribution in [1.82, 2.24) is 30.0 Å². The maximum Gasteiger partial charge on any atom is 0.321 e. The summed E-state index contributed by atoms with van der Waals surface area (Å²) in [6, 6.07) is 12.8. The van der Waals surface area contributed by atoms with Crippen LogP contribution in [-0.4, -0.2) is 88.3 Å². The number of nitrogens with one attached hydrogen (secondary N) is 3. The van der Waals surface area contributed by atoms with E-state index in [4.69, 9.17) is 29.5 Å². The normalized spacial score (nSPS) is 18.2. The molecule has 2 aromatic heterocycles. The van der Waals surface area contributed by atoms with Gasteiger partial charge in [0.15, 0.2) is 0 Å². The predicted molar refractivity (Wildman–Crippen MR) is 165 cm³/mol. The fourth-order valence-corrected chi connectivity index (χ4v) is 5.61. The summed E-state index contributed by atoms with van der Waals surface area (Å²) in [6.07, 6.45) is 0. The van der Waals surface area contributed by atoms with Crippen LogP contribution in [0.25, 0.3) is 5.69 Å². The number of fused-ring (bicyclic) bond motifs is 1. The number of morpholine rings is 2. The summed E-state index contributed by atoms with van der Waals surface area (Å²) in [5.41, 5.74) is 3.67. The number of rotatable bonds is 7. The number of nitro groups is 1. The van der Waals surface area contributed by atoms with Crippen molar-refractivity contribution in [2.24, 2.45) is 0 Å². The van der Waals surface area contributed by atoms with Crippen molar-refractivity contribution < 1.29 is 19.2 Å². The maximum absolute atomic E-state index is 12.7. The van der Waals surface area contributed by atoms with E-state index in [1.165, 1.54) is 12.1 Å². The number of aryl methyl sites for hydroxylation is 1. The number of aromatic nitrogens is 5. The van der Waals surface area contributed by atoms with Crippen molar-refractivity contribution in [3.63, 3.8) is 0 Å². The summed E-state index contributed by atoms with van der Waals surface area (Å²) < 4.78 is 12.7. The molecule has 232 valence electrons. The van der Waals surface area contributed by atoms with Gasteiger partial charge in [0.05, 0.1) is 48.8 Å². The zero-order valence-electron chi connectivity index (χ0n) is 24.5. The van der Waals surface area contributed by atoms with Gasteiger partial charge in [-0.1, -0.05) is 0 Å². The number of non-ortho nitro benzene ring substituents is 1. The minimum absolute atomic E-state index is 0.0212. The minimum atomic E-state index is -0.519. The average molecular weight is 614 g/mol. The number of hydrogen-bond donors (Lipinski definition) is 3. The second-order valence-corrected chi connectivity index (χ2v) is 10.8. The third-order valence-corrected chi connectivity index (χ3v) is 7.91. The molecule has 3 aliphatic rings. The van der Waals surface area contributed by atoms with Crippen LogP contribution in [0.15, 0.2) is 48.5 Å². The van der Waals surface area contributed by atoms with Crippen molar-refractivity contribution in [3.05, 3.63) is 75.5 Å². The van der Waals surface area contributed by atoms with E-state index in [9.17, 15) is 14.9 Å². The lowest BCUT2D eigenvalue weighted by Crippen LogP contribution is -2.40. The van der Waals surface area contributed by atoms with Crippen LogP contribution in [0.1, 0.15) is 22.9 Å². The van der Waals surface area contributed by atoms with E-state index in [-0.39, 0.29) is 5.69 Å². The standard InChI is InChI=1S/C29H31N11O5/c1-18-23-24(19-2-6-22(7-3-19)40(42)43)31-29(41)32-25(23)39(36-18)21-8-4-20(5-9-21)30-26-33-27(37-10-14-44-15-11-37)35-28(34-26)38-12-16-45-17-13-38/h2-9,24H,10-17H2,1H3,(H2,31,32,41)(H,30,33,34,35). The molecule has 2 fully saturated rings. The number of carbonyl (C=O) groups excluding carboxylic acids is 1. The molecule has 45 heavy (non-hydrogen) atoms. The van der Waals surface area contributed by atoms with Crippen molar-refractivity contribution in [2.75, 3.05) is 73.0 Å². The molecule has 0 aliphatic carbocycles. The van der Waals surface area contributed by atoms with Crippen molar-refractivity contribution in [1.29, 1.82) is 0 Å². The molecule has 4 aromatic rings. The largest absolute Gasteiger partial charge is 0.378 e. The Morgan fingerprint density at radius 3 is 2.07 bits per heavy atom. The first-order valence-electron chi connectivity index (χ1n) is 14.6. The van der Waals surface area contributed by atoms with Gasteiger partial charge in [-0.05, 0) is 48.9 Å². The van der Waals surface area contributed by atoms with Gasteiger partial charge in [-0.15, -0.1) is 0 Å². The van der Waals surface area contributed by atoms with Gasteiger partial charge >= 0.3 is 6.03 Å². The first-order chi connectivity index (χ1) is 21.9. The van der Waals surface area contributed by atoms with Crippen LogP contribution in [0.4, 0.5) is 39.8 Å². The summed E-state index contributed by atoms with van der Waals surface area (Å²) in [5.74, 6) is 2.15. The predicted octanol–water partition coefficient (Wildman–Crippen LogP) is 2.92. The van der Waals surface area contributed by atoms with Crippen LogP contribution in [0.2, 0.25) is 0 Å². The molecule has 3 aliphatic heterocycles. The van der Waals surface area contributed by atoms with Gasteiger partial charge in [-0.2, -0.15) is 20.1 Å². The molecule has 2 amide bonds. The summed E-state index contributed by atoms with van der Waals surface area (Å²) in [5, 5.41) is 25.0. The van der Waals surface area contributed by atoms with E-state index < -0.39 is 17.0 Å². The Morgan fingerprint density at radius 1 is 0.889 bits per heavy atom. The number of anilines is 5. The van der Waals surface area contributed by atoms with E-state index in [1.807, 2.05) is 31.2 Å². The molecule has 0 saturated carbocycles. The Balaban J connectivity index is 1.16. The maximum atomic E-state index is 12.7. The summed E-state index contributed by atoms with van der Waals surface area (Å²) >= 11 is 0. The van der Waals surface area contributed by atoms with Gasteiger partial charge in [-0.3, -0.25) is 15.4 Å². The van der Waals surface area contributed by atoms with E-state index in [0.29, 0.717) is 87.5 Å². The molecule has 3 N–H and O–H groups in total. The number of nitrogens with zero attached hydrogens (tertiary/aromatic N) is 8. The highest BCUT2D eigenvalue weighted by Gasteiger charge is 2.32. The van der Waals surface area contributed by atoms with Gasteiger partial charge in [0.25, 0.3) is 5.69 Å². The zero-order chi connectivity index (χ0) is 30.9. The Kier molecular flexibility index (Phi) is 7.56. The molecule has 2 saturated heterocycles. The van der Waals surface area contributed by atoms with Crippen molar-refractivity contribution in [3.8, 4) is 5.69 Å². The second-order valence-electron chi connectivity index (χ2n) is 10.8. The van der Waals surface area contributed by atoms with Crippen molar-refractivity contribution >= 4 is 41.1 Å². The Labute approximate surface area is 257 Å². The fourth-order valence-electron chi connectivity index (χ4n) is 5.61. The summed E-state index contributed by atoms with van der Waals surface area (Å²) in [4.78, 5) is 41.8. The van der Waals surface area contributed by atoms with Crippen LogP contribution in [0.5, 0.6) is 0 Å². The molecule has 0 spiro atoms. The van der Waals surface area contributed by atoms with Crippen molar-refractivity contribution in [2.45, 2.75) is 13.0 Å². The number of nitro benzene ring substituents is 1. The number of hydrogen-bond acceptors (Lipinski definition) is 12. The molecular formula is C29H31N11O5. The van der Waals surface area contributed by atoms with Crippen LogP contribution >= 0.6 is 0 Å². The first-order valence-corrected chi connectivity index (χ1v) is 14.6. The Bertz CT molecular complexity index is 1680. The fraction of sp³-hybridized carbons (Fsp3) is 0.345. The SMILES string of the molecule is Cc1nn(-c2ccc(Nc3nc(N4CCOCC4)nc(N4CCOCC4)n3)cc2)c2c1C(c1ccc([N+](=O)[O-])cc1)NC(=O)N2. The number of urea groups is 1. The second kappa shape index (κ2) is 12.0. The lowest BCUT2D eigenvalue weighted by atomic mass is 9.97. The third kappa shape index (κ3) is 5.80. The molecule has 2 aromatic carbocycles. The van der Waals surface area contributed by atoms with Gasteiger partial charge in [0, 0.05) is 49.6 Å². The highest BCUT2D eigenvalue weighted by Crippen LogP contribution is 2.36. The molecule has 5 heterocycles. The molecule has 1 unspecified atom stereocenters. The van der Waals surface area contributed by atoms with Gasteiger partial charge in [-0.25, -0.2) is 9.48 Å². The molecular weight excluding hydrogens is 582 g/mol. The van der Waals surface area contributed by atoms with E-state index in [2.05, 4.69) is 25.8 Å². The Morgan fingerprint density at radius 2 is 1.49 bits per heavy atom. The smallest absolute Gasteiger partial charge is 0.321 e. The summed E-state index contributed by atoms with van der Waals surface area (Å²) in [6.45, 7) is 7.12. The lowest BCUT2D eigenvalue weighted by molar-refractivity contribution is -0.384. The van der Waals surface area contributed by atoms with Gasteiger partial charge in [0.2, 0.25) is 17.8 Å². The minimum Gasteiger partial charge on any atom is -0.378 e. The first kappa shape index (κ1) is 28.4. The molecule has 7 rings (SSSR count). The van der Waals surface area contributed by atoms with E-state index >= 15 is 0 Å².